The summed E-state index contributed by atoms with van der Waals surface area (Å²) in [5, 5.41) is 0. The lowest BCUT2D eigenvalue weighted by Gasteiger charge is -2.06. The fraction of sp³-hybridized carbons (Fsp3) is 0. The van der Waals surface area contributed by atoms with E-state index < -0.39 is 0 Å². The van der Waals surface area contributed by atoms with E-state index in [-0.39, 0.29) is 11.6 Å². The van der Waals surface area contributed by atoms with Gasteiger partial charge in [-0.2, -0.15) is 0 Å². The van der Waals surface area contributed by atoms with Crippen LogP contribution in [-0.4, -0.2) is 21.1 Å². The standard InChI is InChI=1S/C9H6N2O2/c12-7-1-2-9(13)8(5-7)11-4-3-10-6-11/h1-6H. The highest BCUT2D eigenvalue weighted by Gasteiger charge is 2.13. The number of nitrogens with zero attached hydrogens (tertiary/aromatic N) is 2. The Labute approximate surface area is 74.2 Å². The Bertz CT molecular complexity index is 413. The van der Waals surface area contributed by atoms with Crippen molar-refractivity contribution >= 4 is 17.3 Å². The number of hydrogen-bond donors (Lipinski definition) is 0. The summed E-state index contributed by atoms with van der Waals surface area (Å²) in [6.45, 7) is 0. The summed E-state index contributed by atoms with van der Waals surface area (Å²) in [7, 11) is 0. The lowest BCUT2D eigenvalue weighted by atomic mass is 10.1. The molecule has 0 radical (unpaired) electrons. The molecule has 1 aromatic heterocycles. The average molecular weight is 174 g/mol. The van der Waals surface area contributed by atoms with E-state index in [0.717, 1.165) is 0 Å². The smallest absolute Gasteiger partial charge is 0.202 e. The first-order valence-corrected chi connectivity index (χ1v) is 3.74. The molecule has 64 valence electrons. The second kappa shape index (κ2) is 2.82. The molecule has 0 saturated carbocycles. The van der Waals surface area contributed by atoms with Gasteiger partial charge >= 0.3 is 0 Å². The van der Waals surface area contributed by atoms with Crippen LogP contribution < -0.4 is 0 Å². The molecule has 0 unspecified atom stereocenters. The minimum absolute atomic E-state index is 0.177. The third-order valence-electron chi connectivity index (χ3n) is 1.71. The molecule has 13 heavy (non-hydrogen) atoms. The first kappa shape index (κ1) is 7.67. The lowest BCUT2D eigenvalue weighted by Crippen LogP contribution is -2.10. The number of aromatic nitrogens is 2. The lowest BCUT2D eigenvalue weighted by molar-refractivity contribution is -0.113. The topological polar surface area (TPSA) is 52.0 Å². The van der Waals surface area contributed by atoms with Crippen LogP contribution in [0.25, 0.3) is 5.70 Å². The maximum Gasteiger partial charge on any atom is 0.202 e. The molecule has 1 heterocycles. The molecule has 4 heteroatoms. The van der Waals surface area contributed by atoms with E-state index in [4.69, 9.17) is 0 Å². The molecule has 4 nitrogen and oxygen atoms in total. The third kappa shape index (κ3) is 1.33. The van der Waals surface area contributed by atoms with Crippen molar-refractivity contribution in [2.75, 3.05) is 0 Å². The van der Waals surface area contributed by atoms with Gasteiger partial charge in [0.2, 0.25) is 5.78 Å². The molecule has 1 aliphatic rings. The molecular weight excluding hydrogens is 168 g/mol. The summed E-state index contributed by atoms with van der Waals surface area (Å²) < 4.78 is 1.52. The molecule has 0 N–H and O–H groups in total. The molecule has 0 fully saturated rings. The van der Waals surface area contributed by atoms with Crippen LogP contribution in [0, 0.1) is 0 Å². The molecule has 0 bridgehead atoms. The van der Waals surface area contributed by atoms with Crippen LogP contribution in [0.3, 0.4) is 0 Å². The first-order chi connectivity index (χ1) is 6.27. The number of allylic oxidation sites excluding steroid dienone is 4. The van der Waals surface area contributed by atoms with E-state index >= 15 is 0 Å². The summed E-state index contributed by atoms with van der Waals surface area (Å²) >= 11 is 0. The number of carbonyl (C=O) groups is 2. The van der Waals surface area contributed by atoms with Crippen LogP contribution in [0.2, 0.25) is 0 Å². The summed E-state index contributed by atoms with van der Waals surface area (Å²) in [6.07, 6.45) is 8.47. The van der Waals surface area contributed by atoms with Gasteiger partial charge in [-0.25, -0.2) is 4.98 Å². The van der Waals surface area contributed by atoms with Crippen molar-refractivity contribution in [1.82, 2.24) is 9.55 Å². The van der Waals surface area contributed by atoms with Gasteiger partial charge < -0.3 is 4.57 Å². The zero-order valence-electron chi connectivity index (χ0n) is 6.68. The normalized spacial score (nSPS) is 16.2. The number of carbonyl (C=O) groups excluding carboxylic acids is 2. The largest absolute Gasteiger partial charge is 0.302 e. The molecule has 0 aliphatic heterocycles. The molecule has 0 atom stereocenters. The molecule has 0 aromatic carbocycles. The summed E-state index contributed by atoms with van der Waals surface area (Å²) in [4.78, 5) is 26.0. The van der Waals surface area contributed by atoms with E-state index in [1.54, 1.807) is 12.4 Å². The van der Waals surface area contributed by atoms with Crippen LogP contribution in [0.5, 0.6) is 0 Å². The predicted octanol–water partition coefficient (Wildman–Crippen LogP) is 0.432. The summed E-state index contributed by atoms with van der Waals surface area (Å²) in [5.74, 6) is -0.360. The maximum absolute atomic E-state index is 11.3. The zero-order chi connectivity index (χ0) is 9.26. The van der Waals surface area contributed by atoms with Crippen molar-refractivity contribution < 1.29 is 9.59 Å². The predicted molar refractivity (Wildman–Crippen MR) is 45.7 cm³/mol. The Morgan fingerprint density at radius 1 is 1.23 bits per heavy atom. The molecule has 1 aromatic rings. The van der Waals surface area contributed by atoms with Crippen LogP contribution >= 0.6 is 0 Å². The Kier molecular flexibility index (Phi) is 1.66. The summed E-state index contributed by atoms with van der Waals surface area (Å²) in [5.41, 5.74) is 0.338. The minimum atomic E-state index is -0.183. The number of imidazole rings is 1. The van der Waals surface area contributed by atoms with Crippen LogP contribution in [0.15, 0.2) is 36.9 Å². The summed E-state index contributed by atoms with van der Waals surface area (Å²) in [6, 6.07) is 0. The fourth-order valence-electron chi connectivity index (χ4n) is 1.10. The van der Waals surface area contributed by atoms with Gasteiger partial charge in [-0.15, -0.1) is 0 Å². The third-order valence-corrected chi connectivity index (χ3v) is 1.71. The van der Waals surface area contributed by atoms with Gasteiger partial charge in [0.15, 0.2) is 5.78 Å². The Balaban J connectivity index is 2.44. The number of rotatable bonds is 1. The minimum Gasteiger partial charge on any atom is -0.302 e. The van der Waals surface area contributed by atoms with Gasteiger partial charge in [0.1, 0.15) is 0 Å². The number of ketones is 2. The highest BCUT2D eigenvalue weighted by Crippen LogP contribution is 2.10. The van der Waals surface area contributed by atoms with E-state index in [9.17, 15) is 9.59 Å². The second-order valence-electron chi connectivity index (χ2n) is 2.60. The average Bonchev–Trinajstić information content (AvgIpc) is 2.61. The van der Waals surface area contributed by atoms with E-state index in [0.29, 0.717) is 5.70 Å². The van der Waals surface area contributed by atoms with Crippen molar-refractivity contribution in [3.8, 4) is 0 Å². The van der Waals surface area contributed by atoms with Gasteiger partial charge in [-0.3, -0.25) is 9.59 Å². The van der Waals surface area contributed by atoms with Gasteiger partial charge in [-0.05, 0) is 12.2 Å². The van der Waals surface area contributed by atoms with Crippen molar-refractivity contribution in [1.29, 1.82) is 0 Å². The Morgan fingerprint density at radius 2 is 2.08 bits per heavy atom. The molecule has 2 rings (SSSR count). The monoisotopic (exact) mass is 174 g/mol. The van der Waals surface area contributed by atoms with Gasteiger partial charge in [0.25, 0.3) is 0 Å². The first-order valence-electron chi connectivity index (χ1n) is 3.74. The maximum atomic E-state index is 11.3. The van der Waals surface area contributed by atoms with Gasteiger partial charge in [-0.1, -0.05) is 0 Å². The molecular formula is C9H6N2O2. The quantitative estimate of drug-likeness (QED) is 0.580. The molecule has 0 saturated heterocycles. The molecule has 0 spiro atoms. The van der Waals surface area contributed by atoms with Crippen molar-refractivity contribution in [3.05, 3.63) is 36.9 Å². The van der Waals surface area contributed by atoms with Crippen molar-refractivity contribution in [3.63, 3.8) is 0 Å². The van der Waals surface area contributed by atoms with E-state index in [1.807, 2.05) is 0 Å². The van der Waals surface area contributed by atoms with Crippen LogP contribution in [0.1, 0.15) is 0 Å². The second-order valence-corrected chi connectivity index (χ2v) is 2.60. The Hall–Kier alpha value is -1.97. The fourth-order valence-corrected chi connectivity index (χ4v) is 1.10. The number of hydrogen-bond acceptors (Lipinski definition) is 3. The van der Waals surface area contributed by atoms with Crippen LogP contribution in [-0.2, 0) is 9.59 Å². The van der Waals surface area contributed by atoms with Crippen LogP contribution in [0.4, 0.5) is 0 Å². The highest BCUT2D eigenvalue weighted by molar-refractivity contribution is 6.30. The van der Waals surface area contributed by atoms with E-state index in [1.165, 1.54) is 29.1 Å². The molecule has 1 aliphatic carbocycles. The highest BCUT2D eigenvalue weighted by atomic mass is 16.1. The van der Waals surface area contributed by atoms with Crippen molar-refractivity contribution in [2.24, 2.45) is 0 Å². The van der Waals surface area contributed by atoms with Gasteiger partial charge in [0, 0.05) is 18.5 Å². The Morgan fingerprint density at radius 3 is 2.77 bits per heavy atom. The van der Waals surface area contributed by atoms with Crippen molar-refractivity contribution in [2.45, 2.75) is 0 Å². The molecule has 0 amide bonds. The van der Waals surface area contributed by atoms with Gasteiger partial charge in [0.05, 0.1) is 12.0 Å². The zero-order valence-corrected chi connectivity index (χ0v) is 6.68. The SMILES string of the molecule is O=C1C=CC(=O)C(n2ccnc2)=C1. The van der Waals surface area contributed by atoms with E-state index in [2.05, 4.69) is 4.98 Å².